The van der Waals surface area contributed by atoms with E-state index in [1.807, 2.05) is 18.2 Å². The van der Waals surface area contributed by atoms with E-state index in [4.69, 9.17) is 22.9 Å². The standard InChI is InChI=1S/C17H17N5S2/c18-16(23)21-19-10-13-15(11-6-2-1-3-7-11)20-17-22(13)12-8-4-5-9-14(12)24-17/h1-3,6-7,10H,4-5,8-9H2,(H3,18,21,23)/b19-10-. The molecule has 0 radical (unpaired) electrons. The van der Waals surface area contributed by atoms with E-state index in [9.17, 15) is 0 Å². The van der Waals surface area contributed by atoms with E-state index < -0.39 is 0 Å². The van der Waals surface area contributed by atoms with Gasteiger partial charge < -0.3 is 5.73 Å². The lowest BCUT2D eigenvalue weighted by Gasteiger charge is -2.11. The Balaban J connectivity index is 1.90. The molecule has 2 aromatic heterocycles. The number of rotatable bonds is 3. The van der Waals surface area contributed by atoms with Crippen molar-refractivity contribution < 1.29 is 0 Å². The molecule has 0 saturated carbocycles. The molecule has 1 aliphatic carbocycles. The maximum Gasteiger partial charge on any atom is 0.195 e. The van der Waals surface area contributed by atoms with Gasteiger partial charge in [-0.25, -0.2) is 4.98 Å². The van der Waals surface area contributed by atoms with Gasteiger partial charge >= 0.3 is 0 Å². The molecule has 1 aromatic carbocycles. The maximum absolute atomic E-state index is 5.47. The van der Waals surface area contributed by atoms with E-state index >= 15 is 0 Å². The molecule has 0 atom stereocenters. The van der Waals surface area contributed by atoms with Crippen LogP contribution in [-0.4, -0.2) is 20.7 Å². The first kappa shape index (κ1) is 15.3. The lowest BCUT2D eigenvalue weighted by Crippen LogP contribution is -2.24. The Kier molecular flexibility index (Phi) is 4.03. The second kappa shape index (κ2) is 6.33. The number of nitrogens with zero attached hydrogens (tertiary/aromatic N) is 3. The molecule has 122 valence electrons. The zero-order valence-electron chi connectivity index (χ0n) is 13.0. The molecule has 24 heavy (non-hydrogen) atoms. The monoisotopic (exact) mass is 355 g/mol. The lowest BCUT2D eigenvalue weighted by molar-refractivity contribution is 0.674. The van der Waals surface area contributed by atoms with Crippen molar-refractivity contribution in [3.05, 3.63) is 46.6 Å². The van der Waals surface area contributed by atoms with Gasteiger partial charge in [-0.2, -0.15) is 5.10 Å². The van der Waals surface area contributed by atoms with Crippen molar-refractivity contribution in [1.29, 1.82) is 0 Å². The Morgan fingerprint density at radius 1 is 1.29 bits per heavy atom. The number of nitrogens with one attached hydrogen (secondary N) is 1. The van der Waals surface area contributed by atoms with E-state index in [1.54, 1.807) is 17.6 Å². The van der Waals surface area contributed by atoms with Crippen LogP contribution in [0, 0.1) is 0 Å². The molecule has 0 fully saturated rings. The van der Waals surface area contributed by atoms with Crippen molar-refractivity contribution >= 4 is 39.8 Å². The van der Waals surface area contributed by atoms with Crippen molar-refractivity contribution in [2.45, 2.75) is 25.7 Å². The summed E-state index contributed by atoms with van der Waals surface area (Å²) in [5.41, 5.74) is 12.5. The Morgan fingerprint density at radius 3 is 2.88 bits per heavy atom. The van der Waals surface area contributed by atoms with Crippen LogP contribution in [0.1, 0.15) is 29.1 Å². The molecule has 0 unspecified atom stereocenters. The predicted octanol–water partition coefficient (Wildman–Crippen LogP) is 3.11. The van der Waals surface area contributed by atoms with Crippen LogP contribution in [-0.2, 0) is 12.8 Å². The minimum atomic E-state index is 0.153. The number of aryl methyl sites for hydroxylation is 2. The Labute approximate surface area is 149 Å². The largest absolute Gasteiger partial charge is 0.375 e. The number of hydrogen-bond donors (Lipinski definition) is 2. The molecule has 0 spiro atoms. The molecule has 3 aromatic rings. The molecule has 3 N–H and O–H groups in total. The number of hydrogen-bond acceptors (Lipinski definition) is 4. The molecule has 0 amide bonds. The van der Waals surface area contributed by atoms with Crippen molar-refractivity contribution in [3.63, 3.8) is 0 Å². The Hall–Kier alpha value is -2.25. The molecule has 2 heterocycles. The first-order chi connectivity index (χ1) is 11.7. The highest BCUT2D eigenvalue weighted by molar-refractivity contribution is 7.80. The summed E-state index contributed by atoms with van der Waals surface area (Å²) in [5.74, 6) is 0. The van der Waals surface area contributed by atoms with Gasteiger partial charge in [0.25, 0.3) is 0 Å². The number of aromatic nitrogens is 2. The van der Waals surface area contributed by atoms with Gasteiger partial charge in [0.1, 0.15) is 0 Å². The second-order valence-corrected chi connectivity index (χ2v) is 7.24. The summed E-state index contributed by atoms with van der Waals surface area (Å²) in [6, 6.07) is 10.2. The topological polar surface area (TPSA) is 67.7 Å². The lowest BCUT2D eigenvalue weighted by atomic mass is 10.0. The number of imidazole rings is 1. The molecule has 0 aliphatic heterocycles. The van der Waals surface area contributed by atoms with E-state index in [-0.39, 0.29) is 5.11 Å². The van der Waals surface area contributed by atoms with Crippen LogP contribution in [0.3, 0.4) is 0 Å². The van der Waals surface area contributed by atoms with Crippen LogP contribution in [0.4, 0.5) is 0 Å². The number of fused-ring (bicyclic) bond motifs is 3. The predicted molar refractivity (Wildman–Crippen MR) is 103 cm³/mol. The summed E-state index contributed by atoms with van der Waals surface area (Å²) in [6.07, 6.45) is 6.48. The number of hydrazone groups is 1. The van der Waals surface area contributed by atoms with Crippen LogP contribution in [0.15, 0.2) is 35.4 Å². The zero-order chi connectivity index (χ0) is 16.5. The fourth-order valence-corrected chi connectivity index (χ4v) is 4.41. The quantitative estimate of drug-likeness (QED) is 0.430. The van der Waals surface area contributed by atoms with Crippen molar-refractivity contribution in [1.82, 2.24) is 14.8 Å². The molecular weight excluding hydrogens is 338 g/mol. The third-order valence-electron chi connectivity index (χ3n) is 4.16. The molecule has 7 heteroatoms. The van der Waals surface area contributed by atoms with E-state index in [2.05, 4.69) is 27.1 Å². The Bertz CT molecular complexity index is 924. The van der Waals surface area contributed by atoms with Gasteiger partial charge in [-0.1, -0.05) is 30.3 Å². The number of nitrogens with two attached hydrogens (primary N) is 1. The number of thiocarbonyl (C=S) groups is 1. The van der Waals surface area contributed by atoms with Gasteiger partial charge in [-0.3, -0.25) is 9.83 Å². The van der Waals surface area contributed by atoms with E-state index in [0.717, 1.165) is 34.8 Å². The SMILES string of the molecule is NC(=S)N/N=C\c1c(-c2ccccc2)nc2sc3c(n12)CCCC3. The first-order valence-corrected chi connectivity index (χ1v) is 9.13. The fraction of sp³-hybridized carbons (Fsp3) is 0.235. The third kappa shape index (κ3) is 2.70. The molecule has 0 bridgehead atoms. The highest BCUT2D eigenvalue weighted by Crippen LogP contribution is 2.34. The van der Waals surface area contributed by atoms with Crippen molar-refractivity contribution in [2.75, 3.05) is 0 Å². The third-order valence-corrected chi connectivity index (χ3v) is 5.40. The van der Waals surface area contributed by atoms with Crippen molar-refractivity contribution in [3.8, 4) is 11.3 Å². The second-order valence-electron chi connectivity index (χ2n) is 5.74. The van der Waals surface area contributed by atoms with Gasteiger partial charge in [-0.05, 0) is 37.9 Å². The van der Waals surface area contributed by atoms with Crippen molar-refractivity contribution in [2.24, 2.45) is 10.8 Å². The highest BCUT2D eigenvalue weighted by atomic mass is 32.1. The fourth-order valence-electron chi connectivity index (χ4n) is 3.14. The summed E-state index contributed by atoms with van der Waals surface area (Å²) in [4.78, 5) is 7.35. The van der Waals surface area contributed by atoms with Gasteiger partial charge in [0.2, 0.25) is 0 Å². The average Bonchev–Trinajstić information content (AvgIpc) is 3.12. The number of thiazole rings is 1. The van der Waals surface area contributed by atoms with Gasteiger partial charge in [0, 0.05) is 16.1 Å². The summed E-state index contributed by atoms with van der Waals surface area (Å²) < 4.78 is 2.24. The average molecular weight is 355 g/mol. The molecule has 1 aliphatic rings. The Morgan fingerprint density at radius 2 is 2.08 bits per heavy atom. The zero-order valence-corrected chi connectivity index (χ0v) is 14.7. The summed E-state index contributed by atoms with van der Waals surface area (Å²) in [5, 5.41) is 4.33. The summed E-state index contributed by atoms with van der Waals surface area (Å²) in [6.45, 7) is 0. The van der Waals surface area contributed by atoms with Gasteiger partial charge in [-0.15, -0.1) is 11.3 Å². The first-order valence-electron chi connectivity index (χ1n) is 7.91. The maximum atomic E-state index is 5.47. The summed E-state index contributed by atoms with van der Waals surface area (Å²) in [7, 11) is 0. The van der Waals surface area contributed by atoms with Crippen LogP contribution in [0.2, 0.25) is 0 Å². The van der Waals surface area contributed by atoms with Crippen LogP contribution in [0.5, 0.6) is 0 Å². The molecular formula is C17H17N5S2. The van der Waals surface area contributed by atoms with Crippen LogP contribution in [0.25, 0.3) is 16.2 Å². The number of benzene rings is 1. The molecule has 4 rings (SSSR count). The molecule has 5 nitrogen and oxygen atoms in total. The van der Waals surface area contributed by atoms with Crippen LogP contribution >= 0.6 is 23.6 Å². The minimum absolute atomic E-state index is 0.153. The van der Waals surface area contributed by atoms with E-state index in [1.165, 1.54) is 23.4 Å². The highest BCUT2D eigenvalue weighted by Gasteiger charge is 2.22. The van der Waals surface area contributed by atoms with Gasteiger partial charge in [0.05, 0.1) is 17.6 Å². The molecule has 0 saturated heterocycles. The van der Waals surface area contributed by atoms with Crippen LogP contribution < -0.4 is 11.2 Å². The summed E-state index contributed by atoms with van der Waals surface area (Å²) >= 11 is 6.61. The van der Waals surface area contributed by atoms with E-state index in [0.29, 0.717) is 0 Å². The van der Waals surface area contributed by atoms with Gasteiger partial charge in [0.15, 0.2) is 10.1 Å². The normalized spacial score (nSPS) is 14.2. The minimum Gasteiger partial charge on any atom is -0.375 e. The smallest absolute Gasteiger partial charge is 0.195 e.